The molecule has 1 saturated heterocycles. The van der Waals surface area contributed by atoms with Gasteiger partial charge in [0.1, 0.15) is 5.76 Å². The summed E-state index contributed by atoms with van der Waals surface area (Å²) in [7, 11) is -3.18. The quantitative estimate of drug-likeness (QED) is 0.511. The molecular weight excluding hydrogens is 408 g/mol. The van der Waals surface area contributed by atoms with Gasteiger partial charge in [-0.15, -0.1) is 0 Å². The van der Waals surface area contributed by atoms with Crippen LogP contribution in [0.25, 0.3) is 22.6 Å². The van der Waals surface area contributed by atoms with E-state index in [-0.39, 0.29) is 5.75 Å². The summed E-state index contributed by atoms with van der Waals surface area (Å²) in [5.41, 5.74) is 3.98. The van der Waals surface area contributed by atoms with Gasteiger partial charge in [0.15, 0.2) is 9.84 Å². The first-order valence-corrected chi connectivity index (χ1v) is 12.7. The molecule has 0 saturated carbocycles. The van der Waals surface area contributed by atoms with Crippen LogP contribution in [-0.4, -0.2) is 43.2 Å². The van der Waals surface area contributed by atoms with Gasteiger partial charge in [0, 0.05) is 24.6 Å². The number of nitrogens with zero attached hydrogens (tertiary/aromatic N) is 2. The van der Waals surface area contributed by atoms with E-state index in [1.807, 2.05) is 43.3 Å². The van der Waals surface area contributed by atoms with E-state index in [4.69, 9.17) is 9.40 Å². The lowest BCUT2D eigenvalue weighted by molar-refractivity contribution is 0.271. The molecule has 0 N–H and O–H groups in total. The molecule has 31 heavy (non-hydrogen) atoms. The molecule has 0 spiro atoms. The van der Waals surface area contributed by atoms with Crippen molar-refractivity contribution in [2.75, 3.05) is 18.8 Å². The number of hydrogen-bond donors (Lipinski definition) is 0. The second-order valence-corrected chi connectivity index (χ2v) is 10.6. The molecule has 5 nitrogen and oxygen atoms in total. The number of aromatic nitrogens is 1. The zero-order chi connectivity index (χ0) is 22.0. The number of oxazole rings is 1. The number of sulfone groups is 1. The van der Waals surface area contributed by atoms with Gasteiger partial charge in [0.2, 0.25) is 5.89 Å². The van der Waals surface area contributed by atoms with Crippen molar-refractivity contribution in [2.45, 2.75) is 51.0 Å². The molecule has 164 valence electrons. The Kier molecular flexibility index (Phi) is 6.30. The molecule has 4 rings (SSSR count). The van der Waals surface area contributed by atoms with Crippen LogP contribution in [0.3, 0.4) is 0 Å². The van der Waals surface area contributed by atoms with Gasteiger partial charge < -0.3 is 9.32 Å². The average molecular weight is 439 g/mol. The van der Waals surface area contributed by atoms with E-state index in [9.17, 15) is 8.42 Å². The summed E-state index contributed by atoms with van der Waals surface area (Å²) >= 11 is 0. The molecule has 2 heterocycles. The normalized spacial score (nSPS) is 17.3. The fourth-order valence-corrected chi connectivity index (χ4v) is 5.07. The van der Waals surface area contributed by atoms with Crippen molar-refractivity contribution >= 4 is 9.84 Å². The highest BCUT2D eigenvalue weighted by molar-refractivity contribution is 7.91. The highest BCUT2D eigenvalue weighted by Crippen LogP contribution is 2.27. The average Bonchev–Trinajstić information content (AvgIpc) is 3.37. The minimum Gasteiger partial charge on any atom is -0.441 e. The highest BCUT2D eigenvalue weighted by atomic mass is 32.2. The molecule has 0 amide bonds. The standard InChI is InChI=1S/C25H30N2O3S/c1-4-31(28,29)23-13-11-21(12-14-23)20-7-9-22(10-8-20)25-26-24(19(3)30-25)15-17-27-16-5-6-18(27)2/h7-14,18H,4-6,15-17H2,1-3H3/t18-/m1/s1. The molecule has 0 unspecified atom stereocenters. The van der Waals surface area contributed by atoms with Gasteiger partial charge in [-0.05, 0) is 68.6 Å². The maximum Gasteiger partial charge on any atom is 0.226 e. The summed E-state index contributed by atoms with van der Waals surface area (Å²) in [6, 6.07) is 15.8. The van der Waals surface area contributed by atoms with Crippen LogP contribution in [0.4, 0.5) is 0 Å². The summed E-state index contributed by atoms with van der Waals surface area (Å²) in [5, 5.41) is 0. The predicted octanol–water partition coefficient (Wildman–Crippen LogP) is 5.14. The van der Waals surface area contributed by atoms with E-state index in [0.717, 1.165) is 41.1 Å². The largest absolute Gasteiger partial charge is 0.441 e. The Morgan fingerprint density at radius 2 is 1.65 bits per heavy atom. The second-order valence-electron chi connectivity index (χ2n) is 8.30. The summed E-state index contributed by atoms with van der Waals surface area (Å²) in [6.07, 6.45) is 3.48. The smallest absolute Gasteiger partial charge is 0.226 e. The van der Waals surface area contributed by atoms with Crippen LogP contribution in [0.2, 0.25) is 0 Å². The van der Waals surface area contributed by atoms with Crippen LogP contribution >= 0.6 is 0 Å². The van der Waals surface area contributed by atoms with Gasteiger partial charge >= 0.3 is 0 Å². The van der Waals surface area contributed by atoms with Crippen LogP contribution in [0.1, 0.15) is 38.1 Å². The summed E-state index contributed by atoms with van der Waals surface area (Å²) < 4.78 is 30.0. The molecular formula is C25H30N2O3S. The minimum atomic E-state index is -3.18. The topological polar surface area (TPSA) is 63.4 Å². The van der Waals surface area contributed by atoms with Crippen LogP contribution in [0.5, 0.6) is 0 Å². The van der Waals surface area contributed by atoms with Crippen LogP contribution in [0, 0.1) is 6.92 Å². The molecule has 1 aromatic heterocycles. The summed E-state index contributed by atoms with van der Waals surface area (Å²) in [4.78, 5) is 7.65. The van der Waals surface area contributed by atoms with Crippen LogP contribution < -0.4 is 0 Å². The van der Waals surface area contributed by atoms with Gasteiger partial charge in [-0.3, -0.25) is 0 Å². The zero-order valence-corrected chi connectivity index (χ0v) is 19.3. The first-order valence-electron chi connectivity index (χ1n) is 11.0. The molecule has 0 aliphatic carbocycles. The number of hydrogen-bond acceptors (Lipinski definition) is 5. The molecule has 1 fully saturated rings. The number of likely N-dealkylation sites (tertiary alicyclic amines) is 1. The fourth-order valence-electron chi connectivity index (χ4n) is 4.18. The molecule has 1 aliphatic rings. The predicted molar refractivity (Wildman–Crippen MR) is 124 cm³/mol. The van der Waals surface area contributed by atoms with Crippen LogP contribution in [0.15, 0.2) is 57.8 Å². The SMILES string of the molecule is CCS(=O)(=O)c1ccc(-c2ccc(-c3nc(CCN4CCC[C@H]4C)c(C)o3)cc2)cc1. The number of benzene rings is 2. The summed E-state index contributed by atoms with van der Waals surface area (Å²) in [5.74, 6) is 1.65. The minimum absolute atomic E-state index is 0.107. The number of rotatable bonds is 7. The van der Waals surface area contributed by atoms with Crippen molar-refractivity contribution in [3.8, 4) is 22.6 Å². The Morgan fingerprint density at radius 1 is 1.03 bits per heavy atom. The first-order chi connectivity index (χ1) is 14.9. The molecule has 1 atom stereocenters. The second kappa shape index (κ2) is 8.97. The molecule has 6 heteroatoms. The molecule has 2 aromatic carbocycles. The van der Waals surface area contributed by atoms with E-state index >= 15 is 0 Å². The van der Waals surface area contributed by atoms with Gasteiger partial charge in [-0.2, -0.15) is 0 Å². The Morgan fingerprint density at radius 3 is 2.23 bits per heavy atom. The van der Waals surface area contributed by atoms with Crippen molar-refractivity contribution in [3.63, 3.8) is 0 Å². The van der Waals surface area contributed by atoms with Gasteiger partial charge in [-0.25, -0.2) is 13.4 Å². The van der Waals surface area contributed by atoms with Gasteiger partial charge in [0.05, 0.1) is 16.3 Å². The van der Waals surface area contributed by atoms with Crippen molar-refractivity contribution in [1.82, 2.24) is 9.88 Å². The fraction of sp³-hybridized carbons (Fsp3) is 0.400. The molecule has 3 aromatic rings. The zero-order valence-electron chi connectivity index (χ0n) is 18.5. The van der Waals surface area contributed by atoms with E-state index in [0.29, 0.717) is 16.8 Å². The lowest BCUT2D eigenvalue weighted by Gasteiger charge is -2.20. The van der Waals surface area contributed by atoms with Crippen molar-refractivity contribution < 1.29 is 12.8 Å². The first kappa shape index (κ1) is 21.8. The molecule has 0 bridgehead atoms. The van der Waals surface area contributed by atoms with E-state index < -0.39 is 9.84 Å². The monoisotopic (exact) mass is 438 g/mol. The van der Waals surface area contributed by atoms with Crippen molar-refractivity contribution in [3.05, 3.63) is 60.0 Å². The maximum atomic E-state index is 12.0. The Balaban J connectivity index is 1.47. The van der Waals surface area contributed by atoms with Gasteiger partial charge in [0.25, 0.3) is 0 Å². The number of aryl methyl sites for hydroxylation is 1. The molecule has 1 aliphatic heterocycles. The molecule has 0 radical (unpaired) electrons. The van der Waals surface area contributed by atoms with E-state index in [2.05, 4.69) is 11.8 Å². The Labute approximate surface area is 185 Å². The van der Waals surface area contributed by atoms with E-state index in [1.165, 1.54) is 19.4 Å². The van der Waals surface area contributed by atoms with Crippen LogP contribution in [-0.2, 0) is 16.3 Å². The maximum absolute atomic E-state index is 12.0. The third-order valence-corrected chi connectivity index (χ3v) is 8.03. The van der Waals surface area contributed by atoms with Gasteiger partial charge in [-0.1, -0.05) is 31.2 Å². The lowest BCUT2D eigenvalue weighted by atomic mass is 10.0. The summed E-state index contributed by atoms with van der Waals surface area (Å²) in [6.45, 7) is 8.14. The third-order valence-electron chi connectivity index (χ3n) is 6.28. The Hall–Kier alpha value is -2.44. The lowest BCUT2D eigenvalue weighted by Crippen LogP contribution is -2.29. The Bertz CT molecular complexity index is 1130. The third kappa shape index (κ3) is 4.75. The van der Waals surface area contributed by atoms with Crippen molar-refractivity contribution in [1.29, 1.82) is 0 Å². The van der Waals surface area contributed by atoms with E-state index in [1.54, 1.807) is 19.1 Å². The van der Waals surface area contributed by atoms with Crippen molar-refractivity contribution in [2.24, 2.45) is 0 Å². The highest BCUT2D eigenvalue weighted by Gasteiger charge is 2.21.